The number of likely N-dealkylation sites (tertiary alicyclic amines) is 1. The minimum Gasteiger partial charge on any atom is -0.368 e. The van der Waals surface area contributed by atoms with Crippen LogP contribution in [-0.2, 0) is 9.59 Å². The molecule has 25 heavy (non-hydrogen) atoms. The highest BCUT2D eigenvalue weighted by atomic mass is 19.1. The number of carbonyl (C=O) groups excluding carboxylic acids is 2. The van der Waals surface area contributed by atoms with Crippen molar-refractivity contribution in [2.24, 2.45) is 0 Å². The summed E-state index contributed by atoms with van der Waals surface area (Å²) in [6.07, 6.45) is 1.95. The van der Waals surface area contributed by atoms with Gasteiger partial charge < -0.3 is 14.7 Å². The Morgan fingerprint density at radius 2 is 1.84 bits per heavy atom. The van der Waals surface area contributed by atoms with E-state index in [2.05, 4.69) is 4.90 Å². The number of anilines is 1. The fourth-order valence-corrected chi connectivity index (χ4v) is 3.74. The number of halogens is 1. The molecule has 0 spiro atoms. The highest BCUT2D eigenvalue weighted by molar-refractivity contribution is 5.91. The fraction of sp³-hybridized carbons (Fsp3) is 0.579. The molecule has 1 aromatic carbocycles. The lowest BCUT2D eigenvalue weighted by Gasteiger charge is -2.39. The Morgan fingerprint density at radius 1 is 1.20 bits per heavy atom. The van der Waals surface area contributed by atoms with E-state index in [1.807, 2.05) is 18.7 Å². The largest absolute Gasteiger partial charge is 0.368 e. The van der Waals surface area contributed by atoms with Gasteiger partial charge in [-0.15, -0.1) is 0 Å². The van der Waals surface area contributed by atoms with Crippen molar-refractivity contribution in [2.45, 2.75) is 45.2 Å². The van der Waals surface area contributed by atoms with E-state index in [0.29, 0.717) is 25.9 Å². The van der Waals surface area contributed by atoms with E-state index in [9.17, 15) is 14.0 Å². The number of benzene rings is 1. The number of hydrogen-bond acceptors (Lipinski definition) is 3. The van der Waals surface area contributed by atoms with Crippen LogP contribution in [0.5, 0.6) is 0 Å². The second-order valence-electron chi connectivity index (χ2n) is 6.90. The van der Waals surface area contributed by atoms with E-state index in [1.54, 1.807) is 17.0 Å². The topological polar surface area (TPSA) is 43.9 Å². The van der Waals surface area contributed by atoms with Crippen molar-refractivity contribution in [1.82, 2.24) is 9.80 Å². The predicted molar refractivity (Wildman–Crippen MR) is 94.8 cm³/mol. The maximum atomic E-state index is 13.1. The SMILES string of the molecule is CC[C@H](C)N1C(=O)CC[C@H]1C(=O)N1CCN(c2ccc(F)cc2)CC1. The Bertz CT molecular complexity index is 626. The summed E-state index contributed by atoms with van der Waals surface area (Å²) < 4.78 is 13.1. The van der Waals surface area contributed by atoms with Gasteiger partial charge in [0.05, 0.1) is 0 Å². The average Bonchev–Trinajstić information content (AvgIpc) is 3.03. The zero-order chi connectivity index (χ0) is 18.0. The smallest absolute Gasteiger partial charge is 0.245 e. The maximum Gasteiger partial charge on any atom is 0.245 e. The van der Waals surface area contributed by atoms with Gasteiger partial charge in [-0.2, -0.15) is 0 Å². The third kappa shape index (κ3) is 3.62. The van der Waals surface area contributed by atoms with Gasteiger partial charge in [0.1, 0.15) is 11.9 Å². The summed E-state index contributed by atoms with van der Waals surface area (Å²) in [5, 5.41) is 0. The summed E-state index contributed by atoms with van der Waals surface area (Å²) in [6.45, 7) is 6.77. The Balaban J connectivity index is 1.61. The zero-order valence-corrected chi connectivity index (χ0v) is 14.9. The van der Waals surface area contributed by atoms with Gasteiger partial charge >= 0.3 is 0 Å². The van der Waals surface area contributed by atoms with Crippen LogP contribution in [0.2, 0.25) is 0 Å². The number of hydrogen-bond donors (Lipinski definition) is 0. The molecule has 3 rings (SSSR count). The molecule has 6 heteroatoms. The van der Waals surface area contributed by atoms with Crippen molar-refractivity contribution >= 4 is 17.5 Å². The molecular weight excluding hydrogens is 321 g/mol. The van der Waals surface area contributed by atoms with Crippen molar-refractivity contribution in [3.63, 3.8) is 0 Å². The maximum absolute atomic E-state index is 13.1. The first-order chi connectivity index (χ1) is 12.0. The first-order valence-corrected chi connectivity index (χ1v) is 9.11. The van der Waals surface area contributed by atoms with Crippen LogP contribution in [0, 0.1) is 5.82 Å². The third-order valence-electron chi connectivity index (χ3n) is 5.39. The molecule has 0 bridgehead atoms. The van der Waals surface area contributed by atoms with Crippen LogP contribution in [0.15, 0.2) is 24.3 Å². The van der Waals surface area contributed by atoms with Gasteiger partial charge in [0.25, 0.3) is 0 Å². The van der Waals surface area contributed by atoms with Gasteiger partial charge in [-0.3, -0.25) is 9.59 Å². The van der Waals surface area contributed by atoms with Crippen molar-refractivity contribution in [3.8, 4) is 0 Å². The van der Waals surface area contributed by atoms with E-state index >= 15 is 0 Å². The Labute approximate surface area is 148 Å². The molecule has 2 aliphatic rings. The lowest BCUT2D eigenvalue weighted by atomic mass is 10.1. The summed E-state index contributed by atoms with van der Waals surface area (Å²) in [5.41, 5.74) is 0.978. The molecule has 1 aromatic rings. The molecule has 5 nitrogen and oxygen atoms in total. The molecule has 0 radical (unpaired) electrons. The summed E-state index contributed by atoms with van der Waals surface area (Å²) in [5.74, 6) is -0.0730. The number of rotatable bonds is 4. The fourth-order valence-electron chi connectivity index (χ4n) is 3.74. The van der Waals surface area contributed by atoms with Crippen LogP contribution in [0.4, 0.5) is 10.1 Å². The van der Waals surface area contributed by atoms with Gasteiger partial charge in [0.2, 0.25) is 11.8 Å². The Kier molecular flexibility index (Phi) is 5.25. The second-order valence-corrected chi connectivity index (χ2v) is 6.90. The van der Waals surface area contributed by atoms with Crippen LogP contribution >= 0.6 is 0 Å². The summed E-state index contributed by atoms with van der Waals surface area (Å²) in [6, 6.07) is 6.26. The first-order valence-electron chi connectivity index (χ1n) is 9.11. The number of nitrogens with zero attached hydrogens (tertiary/aromatic N) is 3. The normalized spacial score (nSPS) is 22.4. The van der Waals surface area contributed by atoms with Gasteiger partial charge in [-0.25, -0.2) is 4.39 Å². The standard InChI is InChI=1S/C19H26FN3O2/c1-3-14(2)23-17(8-9-18(23)24)19(25)22-12-10-21(11-13-22)16-6-4-15(20)5-7-16/h4-7,14,17H,3,8-13H2,1-2H3/t14-,17-/m0/s1. The van der Waals surface area contributed by atoms with E-state index < -0.39 is 0 Å². The quantitative estimate of drug-likeness (QED) is 0.839. The highest BCUT2D eigenvalue weighted by Crippen LogP contribution is 2.25. The molecule has 2 atom stereocenters. The minimum absolute atomic E-state index is 0.0740. The van der Waals surface area contributed by atoms with Crippen LogP contribution in [0.25, 0.3) is 0 Å². The molecule has 0 aliphatic carbocycles. The molecule has 2 saturated heterocycles. The molecule has 136 valence electrons. The Hall–Kier alpha value is -2.11. The van der Waals surface area contributed by atoms with Crippen LogP contribution in [0.1, 0.15) is 33.1 Å². The van der Waals surface area contributed by atoms with Crippen molar-refractivity contribution in [3.05, 3.63) is 30.1 Å². The molecule has 2 heterocycles. The Morgan fingerprint density at radius 3 is 2.44 bits per heavy atom. The number of piperazine rings is 1. The molecule has 2 fully saturated rings. The number of amides is 2. The van der Waals surface area contributed by atoms with E-state index in [4.69, 9.17) is 0 Å². The lowest BCUT2D eigenvalue weighted by molar-refractivity contribution is -0.143. The van der Waals surface area contributed by atoms with E-state index in [0.717, 1.165) is 25.2 Å². The van der Waals surface area contributed by atoms with E-state index in [-0.39, 0.29) is 29.7 Å². The van der Waals surface area contributed by atoms with Crippen molar-refractivity contribution < 1.29 is 14.0 Å². The van der Waals surface area contributed by atoms with Crippen LogP contribution in [-0.4, -0.2) is 59.9 Å². The second kappa shape index (κ2) is 7.42. The summed E-state index contributed by atoms with van der Waals surface area (Å²) in [4.78, 5) is 30.9. The van der Waals surface area contributed by atoms with Gasteiger partial charge in [-0.05, 0) is 44.0 Å². The molecule has 0 N–H and O–H groups in total. The summed E-state index contributed by atoms with van der Waals surface area (Å²) >= 11 is 0. The monoisotopic (exact) mass is 347 g/mol. The van der Waals surface area contributed by atoms with Crippen molar-refractivity contribution in [1.29, 1.82) is 0 Å². The van der Waals surface area contributed by atoms with Gasteiger partial charge in [-0.1, -0.05) is 6.92 Å². The minimum atomic E-state index is -0.306. The summed E-state index contributed by atoms with van der Waals surface area (Å²) in [7, 11) is 0. The first kappa shape index (κ1) is 17.7. The average molecular weight is 347 g/mol. The van der Waals surface area contributed by atoms with Crippen LogP contribution < -0.4 is 4.90 Å². The van der Waals surface area contributed by atoms with Crippen molar-refractivity contribution in [2.75, 3.05) is 31.1 Å². The molecule has 0 unspecified atom stereocenters. The third-order valence-corrected chi connectivity index (χ3v) is 5.39. The molecular formula is C19H26FN3O2. The molecule has 0 saturated carbocycles. The van der Waals surface area contributed by atoms with Crippen LogP contribution in [0.3, 0.4) is 0 Å². The number of carbonyl (C=O) groups is 2. The van der Waals surface area contributed by atoms with E-state index in [1.165, 1.54) is 12.1 Å². The van der Waals surface area contributed by atoms with Gasteiger partial charge in [0, 0.05) is 44.3 Å². The highest BCUT2D eigenvalue weighted by Gasteiger charge is 2.40. The molecule has 0 aromatic heterocycles. The molecule has 2 amide bonds. The lowest BCUT2D eigenvalue weighted by Crippen LogP contribution is -2.55. The predicted octanol–water partition coefficient (Wildman–Crippen LogP) is 2.26. The molecule has 2 aliphatic heterocycles. The zero-order valence-electron chi connectivity index (χ0n) is 14.9. The van der Waals surface area contributed by atoms with Gasteiger partial charge in [0.15, 0.2) is 0 Å².